The van der Waals surface area contributed by atoms with Gasteiger partial charge < -0.3 is 5.32 Å². The predicted molar refractivity (Wildman–Crippen MR) is 73.3 cm³/mol. The van der Waals surface area contributed by atoms with E-state index in [1.807, 2.05) is 17.8 Å². The Bertz CT molecular complexity index is 597. The van der Waals surface area contributed by atoms with Crippen LogP contribution >= 0.6 is 0 Å². The summed E-state index contributed by atoms with van der Waals surface area (Å²) in [5.74, 6) is -0.219. The molecule has 1 aliphatic rings. The van der Waals surface area contributed by atoms with Crippen LogP contribution in [0.25, 0.3) is 11.3 Å². The number of rotatable bonds is 2. The highest BCUT2D eigenvalue weighted by atomic mass is 19.1. The number of nitrogens with zero attached hydrogens (tertiary/aromatic N) is 2. The third-order valence-electron chi connectivity index (χ3n) is 3.83. The van der Waals surface area contributed by atoms with Gasteiger partial charge in [0.2, 0.25) is 0 Å². The fourth-order valence-corrected chi connectivity index (χ4v) is 2.96. The van der Waals surface area contributed by atoms with Crippen LogP contribution < -0.4 is 5.32 Å². The second-order valence-corrected chi connectivity index (χ2v) is 5.14. The summed E-state index contributed by atoms with van der Waals surface area (Å²) in [6, 6.07) is 7.01. The Hall–Kier alpha value is -1.68. The fourth-order valence-electron chi connectivity index (χ4n) is 2.96. The molecule has 2 aromatic rings. The maximum absolute atomic E-state index is 13.3. The monoisotopic (exact) mass is 259 g/mol. The number of hydrogen-bond donors (Lipinski definition) is 1. The lowest BCUT2D eigenvalue weighted by Gasteiger charge is -2.11. The first-order valence-electron chi connectivity index (χ1n) is 6.69. The fraction of sp³-hybridized carbons (Fsp3) is 0.400. The summed E-state index contributed by atoms with van der Waals surface area (Å²) in [7, 11) is 1.96. The number of nitrogens with one attached hydrogen (secondary N) is 1. The summed E-state index contributed by atoms with van der Waals surface area (Å²) < 4.78 is 15.3. The predicted octanol–water partition coefficient (Wildman–Crippen LogP) is 2.96. The van der Waals surface area contributed by atoms with Crippen LogP contribution in [0.2, 0.25) is 0 Å². The first-order chi connectivity index (χ1) is 9.16. The minimum atomic E-state index is -0.219. The Balaban J connectivity index is 2.06. The molecule has 0 amide bonds. The number of benzene rings is 1. The molecule has 100 valence electrons. The second kappa shape index (κ2) is 4.78. The molecule has 19 heavy (non-hydrogen) atoms. The summed E-state index contributed by atoms with van der Waals surface area (Å²) >= 11 is 0. The topological polar surface area (TPSA) is 29.9 Å². The number of halogens is 1. The van der Waals surface area contributed by atoms with Crippen LogP contribution in [-0.4, -0.2) is 16.3 Å². The smallest absolute Gasteiger partial charge is 0.123 e. The Labute approximate surface area is 112 Å². The van der Waals surface area contributed by atoms with Crippen molar-refractivity contribution in [3.05, 3.63) is 41.3 Å². The van der Waals surface area contributed by atoms with E-state index < -0.39 is 0 Å². The van der Waals surface area contributed by atoms with Crippen molar-refractivity contribution >= 4 is 0 Å². The van der Waals surface area contributed by atoms with Gasteiger partial charge in [0.1, 0.15) is 5.82 Å². The van der Waals surface area contributed by atoms with Crippen LogP contribution in [0.15, 0.2) is 24.3 Å². The van der Waals surface area contributed by atoms with Crippen molar-refractivity contribution in [2.45, 2.75) is 25.8 Å². The minimum absolute atomic E-state index is 0.219. The van der Waals surface area contributed by atoms with E-state index in [0.29, 0.717) is 6.04 Å². The van der Waals surface area contributed by atoms with Gasteiger partial charge in [-0.05, 0) is 44.0 Å². The van der Waals surface area contributed by atoms with Crippen molar-refractivity contribution in [3.8, 4) is 11.3 Å². The zero-order valence-electron chi connectivity index (χ0n) is 11.3. The van der Waals surface area contributed by atoms with E-state index in [0.717, 1.165) is 29.8 Å². The number of aromatic nitrogens is 2. The molecule has 1 saturated heterocycles. The van der Waals surface area contributed by atoms with Crippen LogP contribution in [-0.2, 0) is 7.05 Å². The third-order valence-corrected chi connectivity index (χ3v) is 3.83. The van der Waals surface area contributed by atoms with E-state index in [2.05, 4.69) is 17.3 Å². The summed E-state index contributed by atoms with van der Waals surface area (Å²) in [6.45, 7) is 3.13. The summed E-state index contributed by atoms with van der Waals surface area (Å²) in [4.78, 5) is 0. The van der Waals surface area contributed by atoms with E-state index in [1.165, 1.54) is 18.2 Å². The first kappa shape index (κ1) is 12.4. The molecule has 3 rings (SSSR count). The molecule has 2 heterocycles. The highest BCUT2D eigenvalue weighted by Gasteiger charge is 2.24. The van der Waals surface area contributed by atoms with Crippen LogP contribution in [0.3, 0.4) is 0 Å². The van der Waals surface area contributed by atoms with Gasteiger partial charge in [-0.15, -0.1) is 0 Å². The van der Waals surface area contributed by atoms with E-state index in [4.69, 9.17) is 0 Å². The summed E-state index contributed by atoms with van der Waals surface area (Å²) in [5.41, 5.74) is 4.09. The highest BCUT2D eigenvalue weighted by molar-refractivity contribution is 5.64. The molecule has 1 unspecified atom stereocenters. The third kappa shape index (κ3) is 2.16. The lowest BCUT2D eigenvalue weighted by atomic mass is 10.0. The van der Waals surface area contributed by atoms with Gasteiger partial charge in [-0.25, -0.2) is 4.39 Å². The van der Waals surface area contributed by atoms with Gasteiger partial charge in [-0.2, -0.15) is 5.10 Å². The number of hydrogen-bond acceptors (Lipinski definition) is 2. The maximum atomic E-state index is 13.3. The molecule has 0 spiro atoms. The largest absolute Gasteiger partial charge is 0.309 e. The van der Waals surface area contributed by atoms with E-state index >= 15 is 0 Å². The Morgan fingerprint density at radius 2 is 2.26 bits per heavy atom. The van der Waals surface area contributed by atoms with E-state index in [-0.39, 0.29) is 5.82 Å². The SMILES string of the molecule is Cc1c(-c2cccc(F)c2)nn(C)c1C1CCCN1. The quantitative estimate of drug-likeness (QED) is 0.898. The minimum Gasteiger partial charge on any atom is -0.309 e. The first-order valence-corrected chi connectivity index (χ1v) is 6.69. The van der Waals surface area contributed by atoms with Gasteiger partial charge in [0.25, 0.3) is 0 Å². The molecule has 1 N–H and O–H groups in total. The molecule has 1 aromatic heterocycles. The van der Waals surface area contributed by atoms with Crippen LogP contribution in [0.4, 0.5) is 4.39 Å². The molecule has 4 heteroatoms. The molecule has 1 aromatic carbocycles. The molecule has 0 aliphatic carbocycles. The summed E-state index contributed by atoms with van der Waals surface area (Å²) in [6.07, 6.45) is 2.34. The van der Waals surface area contributed by atoms with Crippen molar-refractivity contribution in [1.29, 1.82) is 0 Å². The lowest BCUT2D eigenvalue weighted by molar-refractivity contribution is 0.571. The molecular weight excluding hydrogens is 241 g/mol. The van der Waals surface area contributed by atoms with Gasteiger partial charge in [0.15, 0.2) is 0 Å². The van der Waals surface area contributed by atoms with Gasteiger partial charge in [0.05, 0.1) is 11.4 Å². The molecule has 0 saturated carbocycles. The standard InChI is InChI=1S/C15H18FN3/c1-10-14(11-5-3-6-12(16)9-11)18-19(2)15(10)13-7-4-8-17-13/h3,5-6,9,13,17H,4,7-8H2,1-2H3. The molecule has 0 radical (unpaired) electrons. The van der Waals surface area contributed by atoms with E-state index in [1.54, 1.807) is 12.1 Å². The average molecular weight is 259 g/mol. The van der Waals surface area contributed by atoms with Crippen molar-refractivity contribution < 1.29 is 4.39 Å². The molecule has 1 fully saturated rings. The Kier molecular flexibility index (Phi) is 3.11. The van der Waals surface area contributed by atoms with Crippen molar-refractivity contribution in [2.24, 2.45) is 7.05 Å². The molecule has 3 nitrogen and oxygen atoms in total. The van der Waals surface area contributed by atoms with Gasteiger partial charge >= 0.3 is 0 Å². The normalized spacial score (nSPS) is 19.0. The number of aryl methyl sites for hydroxylation is 1. The average Bonchev–Trinajstić information content (AvgIpc) is 2.98. The molecular formula is C15H18FN3. The zero-order valence-corrected chi connectivity index (χ0v) is 11.3. The van der Waals surface area contributed by atoms with Gasteiger partial charge in [0, 0.05) is 18.7 Å². The lowest BCUT2D eigenvalue weighted by Crippen LogP contribution is -2.17. The van der Waals surface area contributed by atoms with Crippen molar-refractivity contribution in [3.63, 3.8) is 0 Å². The highest BCUT2D eigenvalue weighted by Crippen LogP contribution is 2.31. The van der Waals surface area contributed by atoms with Crippen LogP contribution in [0, 0.1) is 12.7 Å². The molecule has 1 aliphatic heterocycles. The summed E-state index contributed by atoms with van der Waals surface area (Å²) in [5, 5.41) is 8.07. The van der Waals surface area contributed by atoms with Crippen molar-refractivity contribution in [2.75, 3.05) is 6.54 Å². The van der Waals surface area contributed by atoms with Gasteiger partial charge in [-0.1, -0.05) is 12.1 Å². The molecule has 0 bridgehead atoms. The van der Waals surface area contributed by atoms with Crippen LogP contribution in [0.1, 0.15) is 30.1 Å². The zero-order chi connectivity index (χ0) is 13.4. The second-order valence-electron chi connectivity index (χ2n) is 5.14. The maximum Gasteiger partial charge on any atom is 0.123 e. The Morgan fingerprint density at radius 1 is 1.42 bits per heavy atom. The Morgan fingerprint density at radius 3 is 2.95 bits per heavy atom. The van der Waals surface area contributed by atoms with Crippen LogP contribution in [0.5, 0.6) is 0 Å². The van der Waals surface area contributed by atoms with Crippen molar-refractivity contribution in [1.82, 2.24) is 15.1 Å². The van der Waals surface area contributed by atoms with Gasteiger partial charge in [-0.3, -0.25) is 4.68 Å². The van der Waals surface area contributed by atoms with E-state index in [9.17, 15) is 4.39 Å². The molecule has 1 atom stereocenters.